The molecule has 1 saturated heterocycles. The molecule has 1 atom stereocenters. The molecule has 0 spiro atoms. The van der Waals surface area contributed by atoms with Crippen LogP contribution >= 0.6 is 0 Å². The maximum Gasteiger partial charge on any atom is 0.311 e. The normalized spacial score (nSPS) is 15.9. The molecule has 0 saturated carbocycles. The molecule has 1 heterocycles. The number of ether oxygens (including phenoxy) is 1. The van der Waals surface area contributed by atoms with Gasteiger partial charge in [-0.05, 0) is 43.3 Å². The number of amides is 2. The smallest absolute Gasteiger partial charge is 0.311 e. The lowest BCUT2D eigenvalue weighted by molar-refractivity contribution is -0.151. The Labute approximate surface area is 166 Å². The molecule has 1 aliphatic heterocycles. The zero-order valence-electron chi connectivity index (χ0n) is 15.7. The molecule has 3 rings (SSSR count). The number of anilines is 2. The van der Waals surface area contributed by atoms with E-state index in [0.717, 1.165) is 0 Å². The number of Topliss-reactive ketones (excluding diaryl/α,β-unsaturated/α-hetero) is 1. The second kappa shape index (κ2) is 8.64. The molecule has 150 valence electrons. The molecule has 0 unspecified atom stereocenters. The van der Waals surface area contributed by atoms with Crippen molar-refractivity contribution in [2.75, 3.05) is 23.4 Å². The van der Waals surface area contributed by atoms with Gasteiger partial charge in [0, 0.05) is 24.2 Å². The standard InChI is InChI=1S/C21H19FN2O5/c1-13(25)14-6-8-16(9-7-14)23-19(26)12-29-21(28)15-10-20(27)24(11-15)18-5-3-2-4-17(18)22/h2-9,15H,10-12H2,1H3,(H,23,26)/t15-/m1/s1. The summed E-state index contributed by atoms with van der Waals surface area (Å²) in [6, 6.07) is 12.1. The van der Waals surface area contributed by atoms with Crippen molar-refractivity contribution in [1.82, 2.24) is 0 Å². The fourth-order valence-corrected chi connectivity index (χ4v) is 3.01. The Balaban J connectivity index is 1.51. The van der Waals surface area contributed by atoms with Gasteiger partial charge in [0.1, 0.15) is 5.82 Å². The third-order valence-electron chi connectivity index (χ3n) is 4.52. The fraction of sp³-hybridized carbons (Fsp3) is 0.238. The van der Waals surface area contributed by atoms with Gasteiger partial charge >= 0.3 is 5.97 Å². The van der Waals surface area contributed by atoms with Gasteiger partial charge in [-0.25, -0.2) is 4.39 Å². The number of rotatable bonds is 6. The van der Waals surface area contributed by atoms with Crippen molar-refractivity contribution >= 4 is 34.9 Å². The highest BCUT2D eigenvalue weighted by atomic mass is 19.1. The van der Waals surface area contributed by atoms with Crippen molar-refractivity contribution in [3.05, 3.63) is 59.9 Å². The Kier molecular flexibility index (Phi) is 6.01. The number of hydrogen-bond donors (Lipinski definition) is 1. The highest BCUT2D eigenvalue weighted by Crippen LogP contribution is 2.27. The molecule has 2 amide bonds. The minimum Gasteiger partial charge on any atom is -0.455 e. The van der Waals surface area contributed by atoms with Gasteiger partial charge in [0.25, 0.3) is 5.91 Å². The van der Waals surface area contributed by atoms with Crippen molar-refractivity contribution in [3.63, 3.8) is 0 Å². The van der Waals surface area contributed by atoms with Gasteiger partial charge < -0.3 is 15.0 Å². The summed E-state index contributed by atoms with van der Waals surface area (Å²) in [7, 11) is 0. The number of esters is 1. The van der Waals surface area contributed by atoms with Crippen LogP contribution in [0.1, 0.15) is 23.7 Å². The fourth-order valence-electron chi connectivity index (χ4n) is 3.01. The van der Waals surface area contributed by atoms with Crippen LogP contribution in [0.5, 0.6) is 0 Å². The third kappa shape index (κ3) is 4.84. The van der Waals surface area contributed by atoms with E-state index in [2.05, 4.69) is 5.32 Å². The predicted molar refractivity (Wildman–Crippen MR) is 103 cm³/mol. The van der Waals surface area contributed by atoms with Gasteiger partial charge in [-0.3, -0.25) is 19.2 Å². The van der Waals surface area contributed by atoms with Crippen molar-refractivity contribution in [1.29, 1.82) is 0 Å². The molecule has 1 aliphatic rings. The van der Waals surface area contributed by atoms with Crippen molar-refractivity contribution in [2.24, 2.45) is 5.92 Å². The number of para-hydroxylation sites is 1. The minimum absolute atomic E-state index is 0.00721. The van der Waals surface area contributed by atoms with E-state index in [1.807, 2.05) is 0 Å². The van der Waals surface area contributed by atoms with Gasteiger partial charge in [0.05, 0.1) is 11.6 Å². The molecule has 1 N–H and O–H groups in total. The molecule has 0 bridgehead atoms. The SMILES string of the molecule is CC(=O)c1ccc(NC(=O)COC(=O)[C@@H]2CC(=O)N(c3ccccc3F)C2)cc1. The molecule has 1 fully saturated rings. The summed E-state index contributed by atoms with van der Waals surface area (Å²) in [5.74, 6) is -3.04. The number of carbonyl (C=O) groups is 4. The lowest BCUT2D eigenvalue weighted by Gasteiger charge is -2.17. The van der Waals surface area contributed by atoms with E-state index in [4.69, 9.17) is 4.74 Å². The highest BCUT2D eigenvalue weighted by molar-refractivity contribution is 6.00. The van der Waals surface area contributed by atoms with Crippen LogP contribution < -0.4 is 10.2 Å². The molecule has 2 aromatic carbocycles. The monoisotopic (exact) mass is 398 g/mol. The Bertz CT molecular complexity index is 958. The molecule has 0 radical (unpaired) electrons. The summed E-state index contributed by atoms with van der Waals surface area (Å²) >= 11 is 0. The number of hydrogen-bond acceptors (Lipinski definition) is 5. The summed E-state index contributed by atoms with van der Waals surface area (Å²) < 4.78 is 18.9. The first-order valence-corrected chi connectivity index (χ1v) is 8.97. The maximum atomic E-state index is 13.9. The lowest BCUT2D eigenvalue weighted by atomic mass is 10.1. The van der Waals surface area contributed by atoms with Gasteiger partial charge in [-0.1, -0.05) is 12.1 Å². The third-order valence-corrected chi connectivity index (χ3v) is 4.52. The number of carbonyl (C=O) groups excluding carboxylic acids is 4. The van der Waals surface area contributed by atoms with Gasteiger partial charge in [-0.2, -0.15) is 0 Å². The molecule has 29 heavy (non-hydrogen) atoms. The summed E-state index contributed by atoms with van der Waals surface area (Å²) in [5.41, 5.74) is 1.08. The van der Waals surface area contributed by atoms with Crippen LogP contribution in [0.4, 0.5) is 15.8 Å². The van der Waals surface area contributed by atoms with Gasteiger partial charge in [0.15, 0.2) is 12.4 Å². The zero-order chi connectivity index (χ0) is 21.0. The van der Waals surface area contributed by atoms with Gasteiger partial charge in [-0.15, -0.1) is 0 Å². The van der Waals surface area contributed by atoms with E-state index < -0.39 is 30.2 Å². The summed E-state index contributed by atoms with van der Waals surface area (Å²) in [6.45, 7) is 0.915. The van der Waals surface area contributed by atoms with Crippen LogP contribution in [-0.2, 0) is 19.1 Å². The van der Waals surface area contributed by atoms with E-state index in [1.54, 1.807) is 30.3 Å². The second-order valence-electron chi connectivity index (χ2n) is 6.65. The first-order valence-electron chi connectivity index (χ1n) is 8.97. The topological polar surface area (TPSA) is 92.8 Å². The molecular weight excluding hydrogens is 379 g/mol. The molecule has 7 nitrogen and oxygen atoms in total. The van der Waals surface area contributed by atoms with E-state index in [1.165, 1.54) is 30.0 Å². The van der Waals surface area contributed by atoms with E-state index in [-0.39, 0.29) is 30.3 Å². The number of nitrogens with zero attached hydrogens (tertiary/aromatic N) is 1. The van der Waals surface area contributed by atoms with Crippen molar-refractivity contribution in [3.8, 4) is 0 Å². The quantitative estimate of drug-likeness (QED) is 0.596. The van der Waals surface area contributed by atoms with E-state index in [0.29, 0.717) is 11.3 Å². The average Bonchev–Trinajstić information content (AvgIpc) is 3.08. The first-order chi connectivity index (χ1) is 13.8. The molecule has 2 aromatic rings. The molecule has 0 aliphatic carbocycles. The number of nitrogens with one attached hydrogen (secondary N) is 1. The first kappa shape index (κ1) is 20.2. The van der Waals surface area contributed by atoms with E-state index >= 15 is 0 Å². The zero-order valence-corrected chi connectivity index (χ0v) is 15.7. The summed E-state index contributed by atoms with van der Waals surface area (Å²) in [4.78, 5) is 48.8. The Morgan fingerprint density at radius 2 is 1.83 bits per heavy atom. The van der Waals surface area contributed by atoms with Crippen molar-refractivity contribution < 1.29 is 28.3 Å². The minimum atomic E-state index is -0.773. The lowest BCUT2D eigenvalue weighted by Crippen LogP contribution is -2.28. The predicted octanol–water partition coefficient (Wildman–Crippen LogP) is 2.56. The summed E-state index contributed by atoms with van der Waals surface area (Å²) in [6.07, 6.45) is -0.110. The molecule has 8 heteroatoms. The largest absolute Gasteiger partial charge is 0.455 e. The Hall–Kier alpha value is -3.55. The average molecular weight is 398 g/mol. The Morgan fingerprint density at radius 1 is 1.14 bits per heavy atom. The van der Waals surface area contributed by atoms with Gasteiger partial charge in [0.2, 0.25) is 5.91 Å². The van der Waals surface area contributed by atoms with E-state index in [9.17, 15) is 23.6 Å². The van der Waals surface area contributed by atoms with Crippen LogP contribution in [0.15, 0.2) is 48.5 Å². The number of benzene rings is 2. The van der Waals surface area contributed by atoms with Crippen LogP contribution in [0.3, 0.4) is 0 Å². The molecule has 0 aromatic heterocycles. The van der Waals surface area contributed by atoms with Crippen molar-refractivity contribution in [2.45, 2.75) is 13.3 Å². The van der Waals surface area contributed by atoms with Crippen LogP contribution in [0.25, 0.3) is 0 Å². The van der Waals surface area contributed by atoms with Crippen LogP contribution in [0.2, 0.25) is 0 Å². The summed E-state index contributed by atoms with van der Waals surface area (Å²) in [5, 5.41) is 2.55. The molecular formula is C21H19FN2O5. The second-order valence-corrected chi connectivity index (χ2v) is 6.65. The maximum absolute atomic E-state index is 13.9. The highest BCUT2D eigenvalue weighted by Gasteiger charge is 2.37. The number of ketones is 1. The number of halogens is 1. The van der Waals surface area contributed by atoms with Crippen LogP contribution in [-0.4, -0.2) is 36.7 Å². The van der Waals surface area contributed by atoms with Crippen LogP contribution in [0, 0.1) is 11.7 Å². The Morgan fingerprint density at radius 3 is 2.48 bits per heavy atom.